The highest BCUT2D eigenvalue weighted by atomic mass is 14.8. The molecule has 0 fully saturated rings. The van der Waals surface area contributed by atoms with E-state index in [0.29, 0.717) is 0 Å². The topological polar surface area (TPSA) is 12.4 Å². The third kappa shape index (κ3) is 0.361. The molecule has 0 spiro atoms. The Bertz CT molecular complexity index is 98.4. The zero-order valence-electron chi connectivity index (χ0n) is 4.02. The Balaban J connectivity index is 2.57. The summed E-state index contributed by atoms with van der Waals surface area (Å²) in [4.78, 5) is 4.00. The fraction of sp³-hybridized carbons (Fsp3) is 0.400. The molecule has 0 N–H and O–H groups in total. The summed E-state index contributed by atoms with van der Waals surface area (Å²) in [6, 6.07) is 0. The summed E-state index contributed by atoms with van der Waals surface area (Å²) in [5.41, 5.74) is 2.29. The maximum atomic E-state index is 4.00. The molecule has 0 radical (unpaired) electrons. The summed E-state index contributed by atoms with van der Waals surface area (Å²) >= 11 is 0. The summed E-state index contributed by atoms with van der Waals surface area (Å²) in [5.74, 6) is 0. The van der Waals surface area contributed by atoms with Crippen LogP contribution >= 0.6 is 0 Å². The van der Waals surface area contributed by atoms with Crippen molar-refractivity contribution in [3.8, 4) is 0 Å². The molecule has 0 aromatic heterocycles. The van der Waals surface area contributed by atoms with Crippen LogP contribution in [0.2, 0.25) is 0 Å². The maximum absolute atomic E-state index is 4.00. The summed E-state index contributed by atoms with van der Waals surface area (Å²) in [7, 11) is 0. The first kappa shape index (κ1) is 3.59. The lowest BCUT2D eigenvalue weighted by molar-refractivity contribution is 1.25. The number of nitrogens with zero attached hydrogens (tertiary/aromatic N) is 1. The normalized spacial score (nSPS) is 18.3. The van der Waals surface area contributed by atoms with Crippen molar-refractivity contribution in [1.29, 1.82) is 0 Å². The van der Waals surface area contributed by atoms with Gasteiger partial charge in [-0.15, -0.1) is 0 Å². The van der Waals surface area contributed by atoms with Gasteiger partial charge in [0, 0.05) is 11.4 Å². The molecule has 1 heteroatoms. The quantitative estimate of drug-likeness (QED) is 0.417. The summed E-state index contributed by atoms with van der Waals surface area (Å²) in [5, 5.41) is 0. The minimum atomic E-state index is 1.15. The lowest BCUT2D eigenvalue weighted by Crippen LogP contribution is -1.95. The summed E-state index contributed by atoms with van der Waals surface area (Å²) < 4.78 is 0. The van der Waals surface area contributed by atoms with E-state index in [0.717, 1.165) is 11.4 Å². The second-order valence-corrected chi connectivity index (χ2v) is 1.54. The Labute approximate surface area is 37.4 Å². The molecule has 0 aromatic carbocycles. The fourth-order valence-electron chi connectivity index (χ4n) is 0.579. The van der Waals surface area contributed by atoms with Gasteiger partial charge >= 0.3 is 0 Å². The zero-order valence-corrected chi connectivity index (χ0v) is 4.02. The first-order chi connectivity index (χ1) is 2.79. The SMILES string of the molecule is CC1=CC(C)=N1. The highest BCUT2D eigenvalue weighted by Gasteiger charge is 1.95. The third-order valence-electron chi connectivity index (χ3n) is 0.770. The molecule has 0 aromatic rings. The van der Waals surface area contributed by atoms with Gasteiger partial charge < -0.3 is 0 Å². The van der Waals surface area contributed by atoms with E-state index in [1.54, 1.807) is 0 Å². The first-order valence-corrected chi connectivity index (χ1v) is 2.02. The van der Waals surface area contributed by atoms with E-state index in [2.05, 4.69) is 11.1 Å². The molecule has 0 aliphatic carbocycles. The van der Waals surface area contributed by atoms with Crippen molar-refractivity contribution in [2.45, 2.75) is 13.8 Å². The molecule has 1 nitrogen and oxygen atoms in total. The molecule has 0 atom stereocenters. The third-order valence-corrected chi connectivity index (χ3v) is 0.770. The molecule has 0 saturated carbocycles. The second-order valence-electron chi connectivity index (χ2n) is 1.54. The Kier molecular flexibility index (Phi) is 0.560. The van der Waals surface area contributed by atoms with E-state index in [-0.39, 0.29) is 0 Å². The molecule has 6 heavy (non-hydrogen) atoms. The van der Waals surface area contributed by atoms with Gasteiger partial charge in [-0.2, -0.15) is 0 Å². The predicted molar refractivity (Wildman–Crippen MR) is 26.9 cm³/mol. The molecule has 0 unspecified atom stereocenters. The largest absolute Gasteiger partial charge is 0.258 e. The first-order valence-electron chi connectivity index (χ1n) is 2.02. The zero-order chi connectivity index (χ0) is 4.57. The molecule has 32 valence electrons. The summed E-state index contributed by atoms with van der Waals surface area (Å²) in [6.07, 6.45) is 2.06. The molecule has 1 heterocycles. The van der Waals surface area contributed by atoms with Crippen molar-refractivity contribution in [2.75, 3.05) is 0 Å². The van der Waals surface area contributed by atoms with E-state index >= 15 is 0 Å². The molecule has 1 aliphatic rings. The lowest BCUT2D eigenvalue weighted by atomic mass is 10.2. The molecule has 0 bridgehead atoms. The molecule has 0 saturated heterocycles. The van der Waals surface area contributed by atoms with Gasteiger partial charge in [0.1, 0.15) is 0 Å². The average molecular weight is 81.1 g/mol. The standard InChI is InChI=1S/C5H7N/c1-4-3-5(2)6-4/h3H,1-2H3. The minimum Gasteiger partial charge on any atom is -0.258 e. The molecule has 1 aliphatic heterocycles. The number of aliphatic imine (C=N–C) groups is 1. The Morgan fingerprint density at radius 1 is 1.50 bits per heavy atom. The van der Waals surface area contributed by atoms with E-state index in [9.17, 15) is 0 Å². The fourth-order valence-corrected chi connectivity index (χ4v) is 0.579. The number of hydrogen-bond acceptors (Lipinski definition) is 1. The maximum Gasteiger partial charge on any atom is 0.0393 e. The van der Waals surface area contributed by atoms with Gasteiger partial charge in [0.05, 0.1) is 0 Å². The van der Waals surface area contributed by atoms with Crippen LogP contribution in [0.25, 0.3) is 0 Å². The average Bonchev–Trinajstić information content (AvgIpc) is 1.33. The second kappa shape index (κ2) is 0.934. The van der Waals surface area contributed by atoms with Crippen molar-refractivity contribution >= 4 is 5.71 Å². The van der Waals surface area contributed by atoms with Crippen LogP contribution in [0.15, 0.2) is 16.8 Å². The van der Waals surface area contributed by atoms with Gasteiger partial charge in [-0.05, 0) is 19.9 Å². The molecule has 1 rings (SSSR count). The van der Waals surface area contributed by atoms with Crippen LogP contribution in [0.5, 0.6) is 0 Å². The Hall–Kier alpha value is -0.590. The van der Waals surface area contributed by atoms with Crippen LogP contribution in [0.1, 0.15) is 13.8 Å². The van der Waals surface area contributed by atoms with Crippen LogP contribution in [-0.2, 0) is 0 Å². The van der Waals surface area contributed by atoms with Crippen molar-refractivity contribution in [1.82, 2.24) is 0 Å². The van der Waals surface area contributed by atoms with Crippen LogP contribution in [0.4, 0.5) is 0 Å². The van der Waals surface area contributed by atoms with Crippen molar-refractivity contribution in [2.24, 2.45) is 4.99 Å². The monoisotopic (exact) mass is 81.1 g/mol. The van der Waals surface area contributed by atoms with Gasteiger partial charge in [0.2, 0.25) is 0 Å². The van der Waals surface area contributed by atoms with Gasteiger partial charge in [0.25, 0.3) is 0 Å². The van der Waals surface area contributed by atoms with E-state index in [1.807, 2.05) is 13.8 Å². The minimum absolute atomic E-state index is 1.15. The van der Waals surface area contributed by atoms with E-state index < -0.39 is 0 Å². The molecular weight excluding hydrogens is 74.1 g/mol. The van der Waals surface area contributed by atoms with Crippen LogP contribution in [0.3, 0.4) is 0 Å². The van der Waals surface area contributed by atoms with Gasteiger partial charge in [0.15, 0.2) is 0 Å². The Morgan fingerprint density at radius 3 is 2.00 bits per heavy atom. The molecular formula is C5H7N. The van der Waals surface area contributed by atoms with Gasteiger partial charge in [-0.25, -0.2) is 0 Å². The number of allylic oxidation sites excluding steroid dienone is 2. The van der Waals surface area contributed by atoms with Crippen LogP contribution < -0.4 is 0 Å². The van der Waals surface area contributed by atoms with Gasteiger partial charge in [-0.3, -0.25) is 4.99 Å². The summed E-state index contributed by atoms with van der Waals surface area (Å²) in [6.45, 7) is 3.99. The van der Waals surface area contributed by atoms with Crippen LogP contribution in [-0.4, -0.2) is 5.71 Å². The Morgan fingerprint density at radius 2 is 2.00 bits per heavy atom. The number of hydrogen-bond donors (Lipinski definition) is 0. The molecule has 0 amide bonds. The van der Waals surface area contributed by atoms with Gasteiger partial charge in [-0.1, -0.05) is 0 Å². The van der Waals surface area contributed by atoms with E-state index in [4.69, 9.17) is 0 Å². The van der Waals surface area contributed by atoms with Crippen molar-refractivity contribution < 1.29 is 0 Å². The number of rotatable bonds is 0. The van der Waals surface area contributed by atoms with Crippen molar-refractivity contribution in [3.63, 3.8) is 0 Å². The highest BCUT2D eigenvalue weighted by molar-refractivity contribution is 5.98. The van der Waals surface area contributed by atoms with Crippen LogP contribution in [0, 0.1) is 0 Å². The van der Waals surface area contributed by atoms with E-state index in [1.165, 1.54) is 0 Å². The highest BCUT2D eigenvalue weighted by Crippen LogP contribution is 2.05. The smallest absolute Gasteiger partial charge is 0.0393 e. The van der Waals surface area contributed by atoms with Crippen molar-refractivity contribution in [3.05, 3.63) is 11.8 Å². The predicted octanol–water partition coefficient (Wildman–Crippen LogP) is 1.36. The lowest BCUT2D eigenvalue weighted by Gasteiger charge is -2.02.